The largest absolute Gasteiger partial charge is 0.504 e. The molecular formula is C18H28O5. The van der Waals surface area contributed by atoms with Crippen LogP contribution in [0.25, 0.3) is 0 Å². The van der Waals surface area contributed by atoms with Gasteiger partial charge >= 0.3 is 5.97 Å². The van der Waals surface area contributed by atoms with Gasteiger partial charge in [0.2, 0.25) is 0 Å². The first-order valence-corrected chi connectivity index (χ1v) is 8.34. The van der Waals surface area contributed by atoms with Gasteiger partial charge in [0.05, 0.1) is 12.2 Å². The van der Waals surface area contributed by atoms with Gasteiger partial charge in [-0.1, -0.05) is 52.4 Å². The van der Waals surface area contributed by atoms with Crippen molar-refractivity contribution in [3.05, 3.63) is 17.7 Å². The summed E-state index contributed by atoms with van der Waals surface area (Å²) in [4.78, 5) is 11.8. The van der Waals surface area contributed by atoms with Crippen molar-refractivity contribution >= 4 is 5.97 Å². The second-order valence-corrected chi connectivity index (χ2v) is 6.30. The Hall–Kier alpha value is -1.91. The van der Waals surface area contributed by atoms with Crippen molar-refractivity contribution in [2.75, 3.05) is 6.61 Å². The van der Waals surface area contributed by atoms with Crippen LogP contribution in [0.4, 0.5) is 0 Å². The molecule has 0 unspecified atom stereocenters. The van der Waals surface area contributed by atoms with Crippen LogP contribution in [-0.4, -0.2) is 27.9 Å². The van der Waals surface area contributed by atoms with Crippen LogP contribution in [0.15, 0.2) is 12.1 Å². The fourth-order valence-corrected chi connectivity index (χ4v) is 2.33. The molecule has 1 aromatic carbocycles. The van der Waals surface area contributed by atoms with E-state index in [1.807, 2.05) is 0 Å². The Morgan fingerprint density at radius 3 is 2.04 bits per heavy atom. The number of hydrogen-bond acceptors (Lipinski definition) is 5. The number of unbranched alkanes of at least 4 members (excludes halogenated alkanes) is 5. The van der Waals surface area contributed by atoms with Crippen LogP contribution in [0.2, 0.25) is 0 Å². The van der Waals surface area contributed by atoms with Crippen molar-refractivity contribution in [1.29, 1.82) is 0 Å². The quantitative estimate of drug-likeness (QED) is 0.338. The first-order chi connectivity index (χ1) is 10.9. The molecule has 0 atom stereocenters. The van der Waals surface area contributed by atoms with Crippen LogP contribution in [0.3, 0.4) is 0 Å². The van der Waals surface area contributed by atoms with Crippen LogP contribution in [0.1, 0.15) is 69.2 Å². The smallest absolute Gasteiger partial charge is 0.338 e. The van der Waals surface area contributed by atoms with Crippen molar-refractivity contribution in [3.8, 4) is 17.2 Å². The number of phenolic OH excluding ortho intramolecular Hbond substituents is 3. The monoisotopic (exact) mass is 324 g/mol. The number of hydrogen-bond donors (Lipinski definition) is 3. The topological polar surface area (TPSA) is 87.0 Å². The highest BCUT2D eigenvalue weighted by atomic mass is 16.5. The molecule has 0 aliphatic heterocycles. The minimum Gasteiger partial charge on any atom is -0.504 e. The van der Waals surface area contributed by atoms with Gasteiger partial charge in [0.25, 0.3) is 0 Å². The Labute approximate surface area is 137 Å². The molecule has 0 spiro atoms. The van der Waals surface area contributed by atoms with Crippen molar-refractivity contribution < 1.29 is 24.9 Å². The van der Waals surface area contributed by atoms with Gasteiger partial charge in [-0.25, -0.2) is 4.79 Å². The predicted octanol–water partition coefficient (Wildman–Crippen LogP) is 4.35. The molecule has 0 amide bonds. The van der Waals surface area contributed by atoms with Gasteiger partial charge in [0.1, 0.15) is 0 Å². The van der Waals surface area contributed by atoms with E-state index in [0.29, 0.717) is 6.61 Å². The molecule has 0 aromatic heterocycles. The third-order valence-corrected chi connectivity index (χ3v) is 3.71. The molecule has 0 fully saturated rings. The van der Waals surface area contributed by atoms with E-state index < -0.39 is 23.2 Å². The van der Waals surface area contributed by atoms with Gasteiger partial charge < -0.3 is 20.1 Å². The average molecular weight is 324 g/mol. The molecule has 0 bridgehead atoms. The molecule has 130 valence electrons. The minimum atomic E-state index is -0.640. The zero-order valence-electron chi connectivity index (χ0n) is 14.0. The minimum absolute atomic E-state index is 0.0199. The lowest BCUT2D eigenvalue weighted by Gasteiger charge is -2.07. The lowest BCUT2D eigenvalue weighted by molar-refractivity contribution is 0.0496. The number of rotatable bonds is 10. The summed E-state index contributed by atoms with van der Waals surface area (Å²) in [6.45, 7) is 4.79. The highest BCUT2D eigenvalue weighted by molar-refractivity contribution is 5.91. The maximum absolute atomic E-state index is 11.8. The highest BCUT2D eigenvalue weighted by Crippen LogP contribution is 2.35. The van der Waals surface area contributed by atoms with E-state index in [4.69, 9.17) is 4.74 Å². The van der Waals surface area contributed by atoms with Crippen LogP contribution in [0.5, 0.6) is 17.2 Å². The molecule has 0 radical (unpaired) electrons. The Balaban J connectivity index is 2.15. The summed E-state index contributed by atoms with van der Waals surface area (Å²) in [6, 6.07) is 2.15. The zero-order valence-corrected chi connectivity index (χ0v) is 14.0. The Kier molecular flexibility index (Phi) is 8.30. The first kappa shape index (κ1) is 19.1. The lowest BCUT2D eigenvalue weighted by atomic mass is 10.0. The molecule has 5 heteroatoms. The Morgan fingerprint density at radius 2 is 1.48 bits per heavy atom. The predicted molar refractivity (Wildman–Crippen MR) is 88.9 cm³/mol. The number of phenols is 3. The number of aromatic hydroxyl groups is 3. The van der Waals surface area contributed by atoms with E-state index in [9.17, 15) is 20.1 Å². The summed E-state index contributed by atoms with van der Waals surface area (Å²) in [5, 5.41) is 27.9. The molecular weight excluding hydrogens is 296 g/mol. The van der Waals surface area contributed by atoms with Crippen molar-refractivity contribution in [2.45, 2.75) is 58.8 Å². The fraction of sp³-hybridized carbons (Fsp3) is 0.611. The number of ether oxygens (including phenoxy) is 1. The van der Waals surface area contributed by atoms with Crippen LogP contribution in [-0.2, 0) is 4.74 Å². The maximum Gasteiger partial charge on any atom is 0.338 e. The average Bonchev–Trinajstić information content (AvgIpc) is 2.49. The van der Waals surface area contributed by atoms with Gasteiger partial charge in [-0.05, 0) is 24.5 Å². The highest BCUT2D eigenvalue weighted by Gasteiger charge is 2.14. The zero-order chi connectivity index (χ0) is 17.2. The molecule has 1 aromatic rings. The van der Waals surface area contributed by atoms with E-state index in [1.165, 1.54) is 25.7 Å². The number of esters is 1. The molecule has 0 heterocycles. The lowest BCUT2D eigenvalue weighted by Crippen LogP contribution is -2.06. The normalized spacial score (nSPS) is 10.9. The number of carbonyl (C=O) groups is 1. The second-order valence-electron chi connectivity index (χ2n) is 6.30. The summed E-state index contributed by atoms with van der Waals surface area (Å²) in [6.07, 6.45) is 7.97. The molecule has 0 aliphatic carbocycles. The van der Waals surface area contributed by atoms with Gasteiger partial charge in [-0.15, -0.1) is 0 Å². The molecule has 0 saturated carbocycles. The van der Waals surface area contributed by atoms with Crippen molar-refractivity contribution in [2.24, 2.45) is 5.92 Å². The molecule has 1 rings (SSSR count). The molecule has 23 heavy (non-hydrogen) atoms. The number of benzene rings is 1. The van der Waals surface area contributed by atoms with E-state index in [1.54, 1.807) is 0 Å². The SMILES string of the molecule is CC(C)CCCCCCCCOC(=O)c1cc(O)c(O)c(O)c1. The third-order valence-electron chi connectivity index (χ3n) is 3.71. The summed E-state index contributed by atoms with van der Waals surface area (Å²) >= 11 is 0. The van der Waals surface area contributed by atoms with E-state index in [2.05, 4.69) is 13.8 Å². The summed E-state index contributed by atoms with van der Waals surface area (Å²) in [5.74, 6) is -1.57. The van der Waals surface area contributed by atoms with E-state index >= 15 is 0 Å². The second kappa shape index (κ2) is 9.98. The van der Waals surface area contributed by atoms with E-state index in [-0.39, 0.29) is 5.56 Å². The Bertz CT molecular complexity index is 473. The Morgan fingerprint density at radius 1 is 0.957 bits per heavy atom. The summed E-state index contributed by atoms with van der Waals surface area (Å²) < 4.78 is 5.09. The van der Waals surface area contributed by atoms with Crippen LogP contribution >= 0.6 is 0 Å². The van der Waals surface area contributed by atoms with Gasteiger partial charge in [0.15, 0.2) is 17.2 Å². The van der Waals surface area contributed by atoms with E-state index in [0.717, 1.165) is 37.3 Å². The van der Waals surface area contributed by atoms with Crippen molar-refractivity contribution in [3.63, 3.8) is 0 Å². The van der Waals surface area contributed by atoms with Crippen LogP contribution < -0.4 is 0 Å². The third kappa shape index (κ3) is 7.26. The number of carbonyl (C=O) groups excluding carboxylic acids is 1. The maximum atomic E-state index is 11.8. The molecule has 5 nitrogen and oxygen atoms in total. The van der Waals surface area contributed by atoms with Crippen molar-refractivity contribution in [1.82, 2.24) is 0 Å². The molecule has 0 saturated heterocycles. The van der Waals surface area contributed by atoms with Gasteiger partial charge in [-0.2, -0.15) is 0 Å². The standard InChI is InChI=1S/C18H28O5/c1-13(2)9-7-5-3-4-6-8-10-23-18(22)14-11-15(19)17(21)16(20)12-14/h11-13,19-21H,3-10H2,1-2H3. The molecule has 3 N–H and O–H groups in total. The summed E-state index contributed by atoms with van der Waals surface area (Å²) in [5.41, 5.74) is 0.0199. The fourth-order valence-electron chi connectivity index (χ4n) is 2.33. The summed E-state index contributed by atoms with van der Waals surface area (Å²) in [7, 11) is 0. The first-order valence-electron chi connectivity index (χ1n) is 8.34. The van der Waals surface area contributed by atoms with Crippen LogP contribution in [0, 0.1) is 5.92 Å². The van der Waals surface area contributed by atoms with Gasteiger partial charge in [0, 0.05) is 0 Å². The molecule has 0 aliphatic rings. The van der Waals surface area contributed by atoms with Gasteiger partial charge in [-0.3, -0.25) is 0 Å².